The van der Waals surface area contributed by atoms with Crippen LogP contribution in [0.3, 0.4) is 0 Å². The quantitative estimate of drug-likeness (QED) is 0.303. The lowest BCUT2D eigenvalue weighted by molar-refractivity contribution is -0.139. The van der Waals surface area contributed by atoms with Crippen LogP contribution in [-0.4, -0.2) is 34.7 Å². The molecule has 3 N–H and O–H groups in total. The highest BCUT2D eigenvalue weighted by atomic mass is 35.5. The Labute approximate surface area is 205 Å². The molecule has 5 rings (SSSR count). The van der Waals surface area contributed by atoms with Gasteiger partial charge in [-0.1, -0.05) is 35.9 Å². The zero-order chi connectivity index (χ0) is 23.7. The molecule has 3 aromatic carbocycles. The fraction of sp³-hybridized carbons (Fsp3) is 0.200. The number of halogens is 1. The smallest absolute Gasteiger partial charge is 0.320 e. The van der Waals surface area contributed by atoms with E-state index in [0.717, 1.165) is 44.0 Å². The zero-order valence-corrected chi connectivity index (χ0v) is 19.9. The first-order chi connectivity index (χ1) is 16.5. The molecule has 0 amide bonds. The van der Waals surface area contributed by atoms with Crippen LogP contribution in [0.4, 0.5) is 11.5 Å². The molecular formula is C25H22ClN3O4S. The van der Waals surface area contributed by atoms with Crippen LogP contribution >= 0.6 is 23.1 Å². The fourth-order valence-electron chi connectivity index (χ4n) is 3.73. The monoisotopic (exact) mass is 495 g/mol. The average molecular weight is 496 g/mol. The number of fused-ring (bicyclic) bond motifs is 2. The SMILES string of the molecule is C[C@@H](NCc1ccc2c(Nc3cccc(-c4ccc5c(c4)OCCO5)c3Cl)nsc2c1)C(=O)O. The van der Waals surface area contributed by atoms with Gasteiger partial charge in [0.05, 0.1) is 15.4 Å². The van der Waals surface area contributed by atoms with E-state index in [2.05, 4.69) is 15.0 Å². The van der Waals surface area contributed by atoms with E-state index >= 15 is 0 Å². The largest absolute Gasteiger partial charge is 0.486 e. The third-order valence-electron chi connectivity index (χ3n) is 5.62. The average Bonchev–Trinajstić information content (AvgIpc) is 3.25. The maximum absolute atomic E-state index is 11.0. The lowest BCUT2D eigenvalue weighted by Crippen LogP contribution is -2.33. The van der Waals surface area contributed by atoms with E-state index in [4.69, 9.17) is 26.2 Å². The third-order valence-corrected chi connectivity index (χ3v) is 6.84. The Morgan fingerprint density at radius 3 is 2.79 bits per heavy atom. The summed E-state index contributed by atoms with van der Waals surface area (Å²) in [4.78, 5) is 11.0. The lowest BCUT2D eigenvalue weighted by atomic mass is 10.0. The highest BCUT2D eigenvalue weighted by Crippen LogP contribution is 2.40. The molecule has 4 aromatic rings. The van der Waals surface area contributed by atoms with E-state index in [-0.39, 0.29) is 0 Å². The standard InChI is InChI=1S/C25H22ClN3O4S/c1-14(25(30)31)27-13-15-5-7-18-22(11-15)34-29-24(18)28-19-4-2-3-17(23(19)26)16-6-8-20-21(12-16)33-10-9-32-20/h2-8,11-12,14,27H,9-10,13H2,1H3,(H,28,29)(H,30,31)/t14-/m1/s1. The molecule has 1 aromatic heterocycles. The number of carboxylic acid groups (broad SMARTS) is 1. The summed E-state index contributed by atoms with van der Waals surface area (Å²) < 4.78 is 16.9. The molecule has 0 unspecified atom stereocenters. The van der Waals surface area contributed by atoms with Crippen molar-refractivity contribution in [1.29, 1.82) is 0 Å². The number of carbonyl (C=O) groups is 1. The molecule has 7 nitrogen and oxygen atoms in total. The Morgan fingerprint density at radius 1 is 1.15 bits per heavy atom. The van der Waals surface area contributed by atoms with Crippen LogP contribution < -0.4 is 20.1 Å². The van der Waals surface area contributed by atoms with Gasteiger partial charge in [0.2, 0.25) is 0 Å². The molecule has 34 heavy (non-hydrogen) atoms. The van der Waals surface area contributed by atoms with Crippen LogP contribution in [0.25, 0.3) is 21.2 Å². The molecule has 0 fully saturated rings. The Bertz CT molecular complexity index is 1370. The minimum absolute atomic E-state index is 0.466. The van der Waals surface area contributed by atoms with Crippen molar-refractivity contribution in [2.75, 3.05) is 18.5 Å². The van der Waals surface area contributed by atoms with Crippen LogP contribution in [0.2, 0.25) is 5.02 Å². The second-order valence-corrected chi connectivity index (χ2v) is 9.14. The summed E-state index contributed by atoms with van der Waals surface area (Å²) in [6.45, 7) is 3.17. The maximum atomic E-state index is 11.0. The molecule has 1 aliphatic rings. The van der Waals surface area contributed by atoms with Crippen LogP contribution in [-0.2, 0) is 11.3 Å². The summed E-state index contributed by atoms with van der Waals surface area (Å²) in [5, 5.41) is 17.0. The second-order valence-electron chi connectivity index (χ2n) is 7.95. The summed E-state index contributed by atoms with van der Waals surface area (Å²) in [5.41, 5.74) is 3.56. The number of nitrogens with one attached hydrogen (secondary N) is 2. The third kappa shape index (κ3) is 4.52. The summed E-state index contributed by atoms with van der Waals surface area (Å²) in [5.74, 6) is 1.30. The Hall–Kier alpha value is -3.33. The molecule has 0 radical (unpaired) electrons. The highest BCUT2D eigenvalue weighted by Gasteiger charge is 2.16. The number of nitrogens with zero attached hydrogens (tertiary/aromatic N) is 1. The number of aromatic nitrogens is 1. The Kier molecular flexibility index (Phi) is 6.28. The molecule has 0 aliphatic carbocycles. The van der Waals surface area contributed by atoms with Gasteiger partial charge < -0.3 is 25.2 Å². The molecule has 0 spiro atoms. The van der Waals surface area contributed by atoms with E-state index in [1.807, 2.05) is 54.6 Å². The topological polar surface area (TPSA) is 92.7 Å². The van der Waals surface area contributed by atoms with Gasteiger partial charge >= 0.3 is 5.97 Å². The van der Waals surface area contributed by atoms with Gasteiger partial charge in [-0.3, -0.25) is 4.79 Å². The Balaban J connectivity index is 1.38. The summed E-state index contributed by atoms with van der Waals surface area (Å²) in [7, 11) is 0. The number of hydrogen-bond acceptors (Lipinski definition) is 7. The fourth-order valence-corrected chi connectivity index (χ4v) is 4.81. The normalized spacial score (nSPS) is 13.6. The number of benzene rings is 3. The van der Waals surface area contributed by atoms with Crippen molar-refractivity contribution < 1.29 is 19.4 Å². The van der Waals surface area contributed by atoms with Crippen molar-refractivity contribution in [3.8, 4) is 22.6 Å². The van der Waals surface area contributed by atoms with Crippen molar-refractivity contribution in [1.82, 2.24) is 9.69 Å². The molecule has 2 heterocycles. The van der Waals surface area contributed by atoms with Crippen LogP contribution in [0.15, 0.2) is 54.6 Å². The number of carboxylic acids is 1. The summed E-state index contributed by atoms with van der Waals surface area (Å²) >= 11 is 8.18. The van der Waals surface area contributed by atoms with Crippen molar-refractivity contribution in [2.45, 2.75) is 19.5 Å². The van der Waals surface area contributed by atoms with Crippen molar-refractivity contribution in [3.05, 3.63) is 65.2 Å². The van der Waals surface area contributed by atoms with Crippen molar-refractivity contribution in [3.63, 3.8) is 0 Å². The number of hydrogen-bond donors (Lipinski definition) is 3. The molecule has 0 bridgehead atoms. The molecular weight excluding hydrogens is 474 g/mol. The van der Waals surface area contributed by atoms with Gasteiger partial charge in [0.1, 0.15) is 19.3 Å². The number of rotatable bonds is 7. The lowest BCUT2D eigenvalue weighted by Gasteiger charge is -2.19. The summed E-state index contributed by atoms with van der Waals surface area (Å²) in [6.07, 6.45) is 0. The zero-order valence-electron chi connectivity index (χ0n) is 18.3. The van der Waals surface area contributed by atoms with Crippen LogP contribution in [0.1, 0.15) is 12.5 Å². The predicted octanol–water partition coefficient (Wildman–Crippen LogP) is 5.69. The molecule has 0 saturated carbocycles. The maximum Gasteiger partial charge on any atom is 0.320 e. The van der Waals surface area contributed by atoms with Crippen LogP contribution in [0.5, 0.6) is 11.5 Å². The minimum Gasteiger partial charge on any atom is -0.486 e. The molecule has 0 saturated heterocycles. The van der Waals surface area contributed by atoms with Gasteiger partial charge in [-0.2, -0.15) is 4.37 Å². The van der Waals surface area contributed by atoms with Crippen molar-refractivity contribution >= 4 is 50.7 Å². The van der Waals surface area contributed by atoms with E-state index in [1.54, 1.807) is 6.92 Å². The van der Waals surface area contributed by atoms with Gasteiger partial charge in [-0.15, -0.1) is 0 Å². The highest BCUT2D eigenvalue weighted by molar-refractivity contribution is 7.13. The molecule has 1 atom stereocenters. The van der Waals surface area contributed by atoms with Crippen molar-refractivity contribution in [2.24, 2.45) is 0 Å². The van der Waals surface area contributed by atoms with Gasteiger partial charge in [0, 0.05) is 17.5 Å². The van der Waals surface area contributed by atoms with Gasteiger partial charge in [0.25, 0.3) is 0 Å². The number of ether oxygens (including phenoxy) is 2. The van der Waals surface area contributed by atoms with E-state index < -0.39 is 12.0 Å². The number of aliphatic carboxylic acids is 1. The second kappa shape index (κ2) is 9.50. The first-order valence-electron chi connectivity index (χ1n) is 10.8. The minimum atomic E-state index is -0.874. The van der Waals surface area contributed by atoms with Gasteiger partial charge in [-0.05, 0) is 59.9 Å². The Morgan fingerprint density at radius 2 is 1.97 bits per heavy atom. The summed E-state index contributed by atoms with van der Waals surface area (Å²) in [6, 6.07) is 17.0. The molecule has 174 valence electrons. The molecule has 1 aliphatic heterocycles. The van der Waals surface area contributed by atoms with Gasteiger partial charge in [-0.25, -0.2) is 0 Å². The first-order valence-corrected chi connectivity index (χ1v) is 11.9. The van der Waals surface area contributed by atoms with E-state index in [0.29, 0.717) is 30.5 Å². The van der Waals surface area contributed by atoms with Gasteiger partial charge in [0.15, 0.2) is 17.3 Å². The number of anilines is 2. The molecule has 9 heteroatoms. The van der Waals surface area contributed by atoms with E-state index in [9.17, 15) is 4.79 Å². The van der Waals surface area contributed by atoms with E-state index in [1.165, 1.54) is 11.5 Å². The van der Waals surface area contributed by atoms with Crippen LogP contribution in [0, 0.1) is 0 Å². The predicted molar refractivity (Wildman–Crippen MR) is 135 cm³/mol. The first kappa shape index (κ1) is 22.5.